The predicted molar refractivity (Wildman–Crippen MR) is 92.7 cm³/mol. The number of carbonyl (C=O) groups is 1. The molecule has 0 fully saturated rings. The summed E-state index contributed by atoms with van der Waals surface area (Å²) in [5, 5.41) is 14.7. The lowest BCUT2D eigenvalue weighted by Crippen LogP contribution is -2.14. The summed E-state index contributed by atoms with van der Waals surface area (Å²) in [6, 6.07) is 14.7. The molecule has 2 aromatic rings. The first-order valence-corrected chi connectivity index (χ1v) is 7.10. The van der Waals surface area contributed by atoms with Crippen LogP contribution in [0.3, 0.4) is 0 Å². The van der Waals surface area contributed by atoms with E-state index in [0.29, 0.717) is 17.1 Å². The molecule has 0 aromatic heterocycles. The van der Waals surface area contributed by atoms with Crippen LogP contribution in [0.5, 0.6) is 0 Å². The average Bonchev–Trinajstić information content (AvgIpc) is 2.52. The van der Waals surface area contributed by atoms with Crippen molar-refractivity contribution in [1.29, 1.82) is 5.26 Å². The lowest BCUT2D eigenvalue weighted by Gasteiger charge is -2.08. The van der Waals surface area contributed by atoms with Crippen LogP contribution in [0.15, 0.2) is 54.2 Å². The molecule has 0 aliphatic heterocycles. The number of nitrogens with one attached hydrogen (secondary N) is 2. The Kier molecular flexibility index (Phi) is 5.00. The average molecular weight is 306 g/mol. The van der Waals surface area contributed by atoms with Crippen LogP contribution in [-0.2, 0) is 4.79 Å². The highest BCUT2D eigenvalue weighted by molar-refractivity contribution is 6.06. The molecule has 2 rings (SSSR count). The topological polar surface area (TPSA) is 90.9 Å². The number of aryl methyl sites for hydroxylation is 2. The first-order chi connectivity index (χ1) is 11.0. The van der Waals surface area contributed by atoms with E-state index in [-0.39, 0.29) is 5.57 Å². The zero-order valence-electron chi connectivity index (χ0n) is 13.1. The van der Waals surface area contributed by atoms with Crippen LogP contribution >= 0.6 is 0 Å². The molecular formula is C18H18N4O. The van der Waals surface area contributed by atoms with Gasteiger partial charge >= 0.3 is 0 Å². The Balaban J connectivity index is 2.10. The van der Waals surface area contributed by atoms with E-state index in [9.17, 15) is 4.79 Å². The van der Waals surface area contributed by atoms with Crippen LogP contribution in [0.25, 0.3) is 0 Å². The maximum Gasteiger partial charge on any atom is 0.267 e. The summed E-state index contributed by atoms with van der Waals surface area (Å²) < 4.78 is 0. The van der Waals surface area contributed by atoms with E-state index in [2.05, 4.69) is 10.6 Å². The fourth-order valence-corrected chi connectivity index (χ4v) is 1.95. The van der Waals surface area contributed by atoms with Gasteiger partial charge in [0.2, 0.25) is 0 Å². The smallest absolute Gasteiger partial charge is 0.267 e. The standard InChI is InChI=1S/C18H18N4O/c1-12-3-6-15(7-4-12)22-18(23)14(10-19)11-21-17-8-5-13(2)9-16(17)20/h3-9,11,21H,20H2,1-2H3,(H,22,23)/b14-11-. The summed E-state index contributed by atoms with van der Waals surface area (Å²) in [6.07, 6.45) is 1.35. The van der Waals surface area contributed by atoms with Gasteiger partial charge in [-0.1, -0.05) is 23.8 Å². The minimum absolute atomic E-state index is 0.0365. The van der Waals surface area contributed by atoms with Crippen LogP contribution in [0.2, 0.25) is 0 Å². The Hall–Kier alpha value is -3.26. The Morgan fingerprint density at radius 1 is 1.13 bits per heavy atom. The van der Waals surface area contributed by atoms with Gasteiger partial charge in [0, 0.05) is 11.9 Å². The van der Waals surface area contributed by atoms with Crippen LogP contribution in [-0.4, -0.2) is 5.91 Å². The summed E-state index contributed by atoms with van der Waals surface area (Å²) in [5.74, 6) is -0.477. The predicted octanol–water partition coefficient (Wildman–Crippen LogP) is 3.34. The van der Waals surface area contributed by atoms with Gasteiger partial charge in [0.1, 0.15) is 11.6 Å². The van der Waals surface area contributed by atoms with Gasteiger partial charge < -0.3 is 16.4 Å². The lowest BCUT2D eigenvalue weighted by atomic mass is 10.2. The fourth-order valence-electron chi connectivity index (χ4n) is 1.95. The summed E-state index contributed by atoms with van der Waals surface area (Å²) in [7, 11) is 0. The Morgan fingerprint density at radius 2 is 1.78 bits per heavy atom. The van der Waals surface area contributed by atoms with Crippen molar-refractivity contribution < 1.29 is 4.79 Å². The van der Waals surface area contributed by atoms with E-state index >= 15 is 0 Å². The highest BCUT2D eigenvalue weighted by atomic mass is 16.1. The van der Waals surface area contributed by atoms with Crippen molar-refractivity contribution in [2.75, 3.05) is 16.4 Å². The van der Waals surface area contributed by atoms with Gasteiger partial charge in [0.25, 0.3) is 5.91 Å². The summed E-state index contributed by atoms with van der Waals surface area (Å²) in [6.45, 7) is 3.90. The van der Waals surface area contributed by atoms with E-state index in [1.54, 1.807) is 18.2 Å². The maximum absolute atomic E-state index is 12.1. The number of nitriles is 1. The van der Waals surface area contributed by atoms with Gasteiger partial charge in [-0.15, -0.1) is 0 Å². The van der Waals surface area contributed by atoms with E-state index in [1.165, 1.54) is 6.20 Å². The third kappa shape index (κ3) is 4.35. The maximum atomic E-state index is 12.1. The number of anilines is 3. The van der Waals surface area contributed by atoms with Crippen LogP contribution in [0.1, 0.15) is 11.1 Å². The number of hydrogen-bond acceptors (Lipinski definition) is 4. The molecule has 0 saturated heterocycles. The van der Waals surface area contributed by atoms with Crippen molar-refractivity contribution in [2.45, 2.75) is 13.8 Å². The number of benzene rings is 2. The molecule has 0 bridgehead atoms. The second kappa shape index (κ2) is 7.14. The Morgan fingerprint density at radius 3 is 2.39 bits per heavy atom. The van der Waals surface area contributed by atoms with Gasteiger partial charge in [-0.2, -0.15) is 5.26 Å². The van der Waals surface area contributed by atoms with Crippen molar-refractivity contribution in [3.8, 4) is 6.07 Å². The molecule has 2 aromatic carbocycles. The molecule has 0 heterocycles. The Bertz CT molecular complexity index is 786. The third-order valence-electron chi connectivity index (χ3n) is 3.25. The fraction of sp³-hybridized carbons (Fsp3) is 0.111. The molecule has 0 unspecified atom stereocenters. The largest absolute Gasteiger partial charge is 0.397 e. The zero-order chi connectivity index (χ0) is 16.8. The van der Waals surface area contributed by atoms with Gasteiger partial charge in [-0.3, -0.25) is 4.79 Å². The molecule has 0 atom stereocenters. The van der Waals surface area contributed by atoms with E-state index in [4.69, 9.17) is 11.0 Å². The van der Waals surface area contributed by atoms with Crippen molar-refractivity contribution in [3.05, 3.63) is 65.4 Å². The third-order valence-corrected chi connectivity index (χ3v) is 3.25. The van der Waals surface area contributed by atoms with E-state index < -0.39 is 5.91 Å². The van der Waals surface area contributed by atoms with Crippen molar-refractivity contribution in [3.63, 3.8) is 0 Å². The van der Waals surface area contributed by atoms with E-state index in [0.717, 1.165) is 11.1 Å². The molecule has 23 heavy (non-hydrogen) atoms. The van der Waals surface area contributed by atoms with Gasteiger partial charge in [0.15, 0.2) is 0 Å². The van der Waals surface area contributed by atoms with Gasteiger partial charge in [-0.25, -0.2) is 0 Å². The number of amides is 1. The second-order valence-corrected chi connectivity index (χ2v) is 5.23. The number of carbonyl (C=O) groups excluding carboxylic acids is 1. The van der Waals surface area contributed by atoms with Crippen molar-refractivity contribution in [1.82, 2.24) is 0 Å². The number of nitrogens with zero attached hydrogens (tertiary/aromatic N) is 1. The first-order valence-electron chi connectivity index (χ1n) is 7.10. The normalized spacial score (nSPS) is 10.7. The highest BCUT2D eigenvalue weighted by Crippen LogP contribution is 2.19. The first kappa shape index (κ1) is 16.1. The molecule has 0 spiro atoms. The number of rotatable bonds is 4. The summed E-state index contributed by atoms with van der Waals surface area (Å²) >= 11 is 0. The van der Waals surface area contributed by atoms with E-state index in [1.807, 2.05) is 44.2 Å². The molecular weight excluding hydrogens is 288 g/mol. The molecule has 5 heteroatoms. The Labute approximate surface area is 135 Å². The minimum Gasteiger partial charge on any atom is -0.397 e. The van der Waals surface area contributed by atoms with Crippen LogP contribution in [0.4, 0.5) is 17.1 Å². The van der Waals surface area contributed by atoms with Crippen molar-refractivity contribution >= 4 is 23.0 Å². The molecule has 5 nitrogen and oxygen atoms in total. The highest BCUT2D eigenvalue weighted by Gasteiger charge is 2.09. The quantitative estimate of drug-likeness (QED) is 0.459. The zero-order valence-corrected chi connectivity index (χ0v) is 13.1. The van der Waals surface area contributed by atoms with Crippen LogP contribution < -0.4 is 16.4 Å². The van der Waals surface area contributed by atoms with Gasteiger partial charge in [0.05, 0.1) is 11.4 Å². The minimum atomic E-state index is -0.477. The molecule has 0 saturated carbocycles. The molecule has 0 radical (unpaired) electrons. The molecule has 0 aliphatic rings. The molecule has 116 valence electrons. The molecule has 0 aliphatic carbocycles. The molecule has 4 N–H and O–H groups in total. The number of nitrogens with two attached hydrogens (primary N) is 1. The van der Waals surface area contributed by atoms with Crippen molar-refractivity contribution in [2.24, 2.45) is 0 Å². The molecule has 1 amide bonds. The second-order valence-electron chi connectivity index (χ2n) is 5.23. The summed E-state index contributed by atoms with van der Waals surface area (Å²) in [4.78, 5) is 12.1. The van der Waals surface area contributed by atoms with Gasteiger partial charge in [-0.05, 0) is 43.7 Å². The lowest BCUT2D eigenvalue weighted by molar-refractivity contribution is -0.112. The van der Waals surface area contributed by atoms with Crippen LogP contribution in [0, 0.1) is 25.2 Å². The number of hydrogen-bond donors (Lipinski definition) is 3. The number of nitrogen functional groups attached to an aromatic ring is 1. The summed E-state index contributed by atoms with van der Waals surface area (Å²) in [5.41, 5.74) is 9.81. The monoisotopic (exact) mass is 306 g/mol. The SMILES string of the molecule is Cc1ccc(NC(=O)/C(C#N)=C\Nc2ccc(C)cc2N)cc1.